The van der Waals surface area contributed by atoms with Gasteiger partial charge in [-0.05, 0) is 62.4 Å². The number of nitrogens with zero attached hydrogens (tertiary/aromatic N) is 5. The molecule has 3 aliphatic heterocycles. The fraction of sp³-hybridized carbons (Fsp3) is 0.567. The lowest BCUT2D eigenvalue weighted by Crippen LogP contribution is -2.59. The van der Waals surface area contributed by atoms with Crippen LogP contribution in [0.2, 0.25) is 0 Å². The van der Waals surface area contributed by atoms with E-state index >= 15 is 0 Å². The van der Waals surface area contributed by atoms with Crippen LogP contribution in [-0.2, 0) is 20.8 Å². The molecule has 1 fully saturated rings. The fourth-order valence-electron chi connectivity index (χ4n) is 5.34. The molecule has 0 saturated carbocycles. The molecule has 1 aromatic rings. The third-order valence-electron chi connectivity index (χ3n) is 7.94. The van der Waals surface area contributed by atoms with Crippen molar-refractivity contribution >= 4 is 29.9 Å². The smallest absolute Gasteiger partial charge is 0.249 e. The van der Waals surface area contributed by atoms with Crippen LogP contribution in [0, 0.1) is 11.2 Å². The summed E-state index contributed by atoms with van der Waals surface area (Å²) in [6.45, 7) is 9.30. The summed E-state index contributed by atoms with van der Waals surface area (Å²) < 4.78 is 13.5. The fourth-order valence-corrected chi connectivity index (χ4v) is 5.34. The van der Waals surface area contributed by atoms with Gasteiger partial charge in [0, 0.05) is 38.1 Å². The van der Waals surface area contributed by atoms with Crippen LogP contribution in [0.1, 0.15) is 46.1 Å². The van der Waals surface area contributed by atoms with Gasteiger partial charge in [0.15, 0.2) is 6.04 Å². The van der Waals surface area contributed by atoms with E-state index in [1.807, 2.05) is 42.8 Å². The summed E-state index contributed by atoms with van der Waals surface area (Å²) in [7, 11) is 1.70. The Hall–Kier alpha value is -3.60. The summed E-state index contributed by atoms with van der Waals surface area (Å²) in [5.74, 6) is -0.290. The van der Waals surface area contributed by atoms with Crippen LogP contribution >= 0.6 is 0 Å². The molecule has 3 amide bonds. The number of carbonyl (C=O) groups excluding carboxylic acids is 3. The predicted molar refractivity (Wildman–Crippen MR) is 157 cm³/mol. The number of nitrogens with one attached hydrogen (secondary N) is 2. The number of likely N-dealkylation sites (tertiary alicyclic amines) is 1. The minimum absolute atomic E-state index is 0.125. The molecule has 0 spiro atoms. The monoisotopic (exact) mass is 567 g/mol. The molecule has 3 aliphatic rings. The molecule has 11 heteroatoms. The average molecular weight is 568 g/mol. The Balaban J connectivity index is 1.52. The van der Waals surface area contributed by atoms with Crippen molar-refractivity contribution in [1.29, 1.82) is 0 Å². The highest BCUT2D eigenvalue weighted by Gasteiger charge is 2.41. The van der Waals surface area contributed by atoms with Crippen LogP contribution in [0.4, 0.5) is 4.39 Å². The molecule has 1 saturated heterocycles. The van der Waals surface area contributed by atoms with Gasteiger partial charge >= 0.3 is 0 Å². The summed E-state index contributed by atoms with van der Waals surface area (Å²) in [5.41, 5.74) is 0.407. The van der Waals surface area contributed by atoms with Gasteiger partial charge in [-0.1, -0.05) is 32.9 Å². The molecule has 0 aromatic heterocycles. The molecule has 4 atom stereocenters. The number of hydrogen-bond acceptors (Lipinski definition) is 7. The molecule has 0 bridgehead atoms. The molecular formula is C30H42FN7O3. The summed E-state index contributed by atoms with van der Waals surface area (Å²) in [6.07, 6.45) is 7.42. The second kappa shape index (κ2) is 12.9. The normalized spacial score (nSPS) is 21.4. The van der Waals surface area contributed by atoms with Gasteiger partial charge in [-0.25, -0.2) is 14.4 Å². The quantitative estimate of drug-likeness (QED) is 0.449. The van der Waals surface area contributed by atoms with Crippen LogP contribution < -0.4 is 10.6 Å². The van der Waals surface area contributed by atoms with Crippen molar-refractivity contribution in [2.24, 2.45) is 15.4 Å². The lowest BCUT2D eigenvalue weighted by atomic mass is 9.85. The number of likely N-dealkylation sites (N-methyl/N-ethyl adjacent to an activating group) is 1. The van der Waals surface area contributed by atoms with E-state index in [4.69, 9.17) is 0 Å². The van der Waals surface area contributed by atoms with Crippen molar-refractivity contribution in [3.63, 3.8) is 0 Å². The van der Waals surface area contributed by atoms with Gasteiger partial charge in [-0.3, -0.25) is 14.4 Å². The number of amides is 3. The van der Waals surface area contributed by atoms with E-state index in [1.54, 1.807) is 37.2 Å². The first kappa shape index (κ1) is 30.4. The lowest BCUT2D eigenvalue weighted by molar-refractivity contribution is -0.142. The Labute approximate surface area is 241 Å². The lowest BCUT2D eigenvalue weighted by Gasteiger charge is -2.38. The average Bonchev–Trinajstić information content (AvgIpc) is 3.60. The van der Waals surface area contributed by atoms with Crippen LogP contribution in [-0.4, -0.2) is 102 Å². The van der Waals surface area contributed by atoms with Crippen LogP contribution in [0.3, 0.4) is 0 Å². The van der Waals surface area contributed by atoms with Crippen LogP contribution in [0.15, 0.2) is 46.5 Å². The number of fused-ring (bicyclic) bond motifs is 1. The molecule has 0 radical (unpaired) electrons. The van der Waals surface area contributed by atoms with Crippen molar-refractivity contribution in [2.75, 3.05) is 33.2 Å². The van der Waals surface area contributed by atoms with Crippen LogP contribution in [0.25, 0.3) is 0 Å². The number of carbonyl (C=O) groups is 3. The third kappa shape index (κ3) is 7.38. The van der Waals surface area contributed by atoms with E-state index in [2.05, 4.69) is 20.6 Å². The van der Waals surface area contributed by atoms with Crippen molar-refractivity contribution in [2.45, 2.75) is 71.1 Å². The molecule has 2 N–H and O–H groups in total. The second-order valence-electron chi connectivity index (χ2n) is 12.0. The standard InChI is InChI=1S/C30H42FN7O3/c1-20(32-5)26(39)35-25(30(2,3)4)28(41)38-16-6-8-23(38)18-36(17-13-21-9-11-22(31)12-10-21)27(40)24-19-37-15-7-14-33-29(37)34-24/h7,9-12,14-15,20,23-25,32H,6,8,13,16-19H2,1-5H3,(H,35,39)/t20-,23-,24?,25+/m0/s1. The minimum atomic E-state index is -0.712. The minimum Gasteiger partial charge on any atom is -0.342 e. The van der Waals surface area contributed by atoms with Gasteiger partial charge in [-0.2, -0.15) is 0 Å². The van der Waals surface area contributed by atoms with Gasteiger partial charge in [-0.15, -0.1) is 0 Å². The van der Waals surface area contributed by atoms with Crippen LogP contribution in [0.5, 0.6) is 0 Å². The summed E-state index contributed by atoms with van der Waals surface area (Å²) in [5, 5.41) is 5.88. The Morgan fingerprint density at radius 1 is 1.20 bits per heavy atom. The molecule has 3 heterocycles. The van der Waals surface area contributed by atoms with Gasteiger partial charge < -0.3 is 25.3 Å². The van der Waals surface area contributed by atoms with Gasteiger partial charge in [0.1, 0.15) is 11.9 Å². The summed E-state index contributed by atoms with van der Waals surface area (Å²) >= 11 is 0. The Bertz CT molecular complexity index is 1210. The number of guanidine groups is 1. The van der Waals surface area contributed by atoms with E-state index in [9.17, 15) is 18.8 Å². The van der Waals surface area contributed by atoms with E-state index in [-0.39, 0.29) is 29.6 Å². The largest absolute Gasteiger partial charge is 0.342 e. The zero-order valence-electron chi connectivity index (χ0n) is 24.6. The number of aliphatic imine (C=N–C) groups is 2. The number of hydrogen-bond donors (Lipinski definition) is 2. The van der Waals surface area contributed by atoms with Crippen molar-refractivity contribution < 1.29 is 18.8 Å². The highest BCUT2D eigenvalue weighted by molar-refractivity contribution is 5.98. The van der Waals surface area contributed by atoms with E-state index in [1.165, 1.54) is 12.1 Å². The number of halogens is 1. The first-order valence-electron chi connectivity index (χ1n) is 14.3. The SMILES string of the molecule is CN[C@@H](C)C(=O)N[C@H](C(=O)N1CCC[C@H]1CN(CCc1ccc(F)cc1)C(=O)C1CN2C=CC=NC2=N1)C(C)(C)C. The molecule has 1 unspecified atom stereocenters. The van der Waals surface area contributed by atoms with Gasteiger partial charge in [0.25, 0.3) is 0 Å². The van der Waals surface area contributed by atoms with Gasteiger partial charge in [0.05, 0.1) is 12.6 Å². The second-order valence-corrected chi connectivity index (χ2v) is 12.0. The molecule has 1 aromatic carbocycles. The first-order valence-corrected chi connectivity index (χ1v) is 14.3. The number of rotatable bonds is 10. The highest BCUT2D eigenvalue weighted by Crippen LogP contribution is 2.27. The summed E-state index contributed by atoms with van der Waals surface area (Å²) in [4.78, 5) is 54.9. The first-order chi connectivity index (χ1) is 19.5. The molecule has 4 rings (SSSR count). The zero-order chi connectivity index (χ0) is 29.7. The topological polar surface area (TPSA) is 110 Å². The van der Waals surface area contributed by atoms with Crippen molar-refractivity contribution in [3.05, 3.63) is 47.9 Å². The maximum Gasteiger partial charge on any atom is 0.249 e. The third-order valence-corrected chi connectivity index (χ3v) is 7.94. The Morgan fingerprint density at radius 2 is 1.93 bits per heavy atom. The van der Waals surface area contributed by atoms with E-state index in [0.717, 1.165) is 18.4 Å². The predicted octanol–water partition coefficient (Wildman–Crippen LogP) is 1.96. The number of allylic oxidation sites excluding steroid dienone is 1. The maximum atomic E-state index is 13.9. The Morgan fingerprint density at radius 3 is 2.59 bits per heavy atom. The molecule has 0 aliphatic carbocycles. The maximum absolute atomic E-state index is 13.9. The molecule has 222 valence electrons. The molecule has 10 nitrogen and oxygen atoms in total. The van der Waals surface area contributed by atoms with Gasteiger partial charge in [0.2, 0.25) is 23.7 Å². The van der Waals surface area contributed by atoms with E-state index in [0.29, 0.717) is 38.6 Å². The van der Waals surface area contributed by atoms with Crippen molar-refractivity contribution in [1.82, 2.24) is 25.3 Å². The Kier molecular flexibility index (Phi) is 9.57. The van der Waals surface area contributed by atoms with E-state index < -0.39 is 23.5 Å². The van der Waals surface area contributed by atoms with Crippen molar-refractivity contribution in [3.8, 4) is 0 Å². The molecule has 41 heavy (non-hydrogen) atoms. The highest BCUT2D eigenvalue weighted by atomic mass is 19.1. The zero-order valence-corrected chi connectivity index (χ0v) is 24.6. The molecular weight excluding hydrogens is 525 g/mol. The summed E-state index contributed by atoms with van der Waals surface area (Å²) in [6, 6.07) is 4.33. The number of benzene rings is 1.